The van der Waals surface area contributed by atoms with E-state index in [9.17, 15) is 18.0 Å². The van der Waals surface area contributed by atoms with E-state index >= 15 is 0 Å². The van der Waals surface area contributed by atoms with Crippen LogP contribution < -0.4 is 21.1 Å². The van der Waals surface area contributed by atoms with Crippen LogP contribution in [0.2, 0.25) is 0 Å². The van der Waals surface area contributed by atoms with E-state index < -0.39 is 17.8 Å². The third-order valence-corrected chi connectivity index (χ3v) is 6.52. The van der Waals surface area contributed by atoms with Gasteiger partial charge in [0.25, 0.3) is 0 Å². The number of imidazole rings is 1. The highest BCUT2D eigenvalue weighted by atomic mass is 79.9. The fraction of sp³-hybridized carbons (Fsp3) is 0.500. The van der Waals surface area contributed by atoms with Crippen molar-refractivity contribution >= 4 is 33.0 Å². The number of nitrogens with zero attached hydrogens (tertiary/aromatic N) is 3. The topological polar surface area (TPSA) is 117 Å². The van der Waals surface area contributed by atoms with Crippen LogP contribution in [0, 0.1) is 5.92 Å². The van der Waals surface area contributed by atoms with Crippen molar-refractivity contribution in [2.45, 2.75) is 44.6 Å². The Hall–Kier alpha value is -2.64. The molecule has 13 heteroatoms. The van der Waals surface area contributed by atoms with Crippen molar-refractivity contribution in [3.05, 3.63) is 44.9 Å². The number of aliphatic hydroxyl groups excluding tert-OH is 1. The van der Waals surface area contributed by atoms with Gasteiger partial charge in [0.1, 0.15) is 11.3 Å². The number of anilines is 1. The van der Waals surface area contributed by atoms with E-state index in [0.717, 1.165) is 25.7 Å². The van der Waals surface area contributed by atoms with Crippen LogP contribution in [0.1, 0.15) is 31.2 Å². The first-order valence-corrected chi connectivity index (χ1v) is 12.1. The molecule has 0 saturated heterocycles. The number of H-pyrrole nitrogens is 1. The summed E-state index contributed by atoms with van der Waals surface area (Å²) in [5.74, 6) is 0.392. The van der Waals surface area contributed by atoms with E-state index in [1.54, 1.807) is 0 Å². The minimum Gasteiger partial charge on any atom is -0.405 e. The van der Waals surface area contributed by atoms with Gasteiger partial charge >= 0.3 is 12.1 Å². The molecule has 0 spiro atoms. The molecule has 9 nitrogen and oxygen atoms in total. The van der Waals surface area contributed by atoms with Crippen molar-refractivity contribution in [1.82, 2.24) is 24.8 Å². The van der Waals surface area contributed by atoms with Crippen LogP contribution in [0.15, 0.2) is 33.7 Å². The molecule has 0 atom stereocenters. The van der Waals surface area contributed by atoms with Gasteiger partial charge in [0.2, 0.25) is 5.95 Å². The quantitative estimate of drug-likeness (QED) is 0.318. The molecule has 0 bridgehead atoms. The molecule has 1 aromatic carbocycles. The van der Waals surface area contributed by atoms with Crippen LogP contribution in [0.5, 0.6) is 5.75 Å². The monoisotopic (exact) mass is 558 g/mol. The average Bonchev–Trinajstić information content (AvgIpc) is 3.12. The molecule has 1 saturated carbocycles. The van der Waals surface area contributed by atoms with Crippen LogP contribution in [-0.4, -0.2) is 56.7 Å². The molecule has 3 aromatic rings. The van der Waals surface area contributed by atoms with Gasteiger partial charge in [0, 0.05) is 29.2 Å². The number of alkyl halides is 3. The number of halogens is 4. The fourth-order valence-corrected chi connectivity index (χ4v) is 4.73. The third-order valence-electron chi connectivity index (χ3n) is 6.03. The number of aromatic nitrogens is 4. The second kappa shape index (κ2) is 11.0. The van der Waals surface area contributed by atoms with Crippen LogP contribution in [0.4, 0.5) is 19.1 Å². The Balaban J connectivity index is 1.48. The van der Waals surface area contributed by atoms with Gasteiger partial charge < -0.3 is 25.5 Å². The first-order chi connectivity index (χ1) is 16.7. The van der Waals surface area contributed by atoms with Crippen LogP contribution in [-0.2, 0) is 6.54 Å². The third kappa shape index (κ3) is 6.73. The van der Waals surface area contributed by atoms with E-state index in [4.69, 9.17) is 5.11 Å². The summed E-state index contributed by atoms with van der Waals surface area (Å²) in [5.41, 5.74) is 0.309. The lowest BCUT2D eigenvalue weighted by Gasteiger charge is -2.29. The van der Waals surface area contributed by atoms with Crippen molar-refractivity contribution in [2.75, 3.05) is 25.0 Å². The summed E-state index contributed by atoms with van der Waals surface area (Å²) in [5, 5.41) is 15.5. The number of aliphatic hydroxyl groups is 1. The second-order valence-corrected chi connectivity index (χ2v) is 9.44. The first kappa shape index (κ1) is 25.5. The predicted molar refractivity (Wildman–Crippen MR) is 127 cm³/mol. The minimum absolute atomic E-state index is 0.129. The first-order valence-electron chi connectivity index (χ1n) is 11.3. The number of fused-ring (bicyclic) bond motifs is 1. The van der Waals surface area contributed by atoms with Gasteiger partial charge in [-0.3, -0.25) is 4.57 Å². The van der Waals surface area contributed by atoms with Crippen molar-refractivity contribution in [2.24, 2.45) is 5.92 Å². The Morgan fingerprint density at radius 1 is 1.26 bits per heavy atom. The maximum absolute atomic E-state index is 12.8. The summed E-state index contributed by atoms with van der Waals surface area (Å²) in [7, 11) is 0. The van der Waals surface area contributed by atoms with Crippen molar-refractivity contribution in [1.29, 1.82) is 0 Å². The highest BCUT2D eigenvalue weighted by Gasteiger charge is 2.32. The molecule has 2 aromatic heterocycles. The highest BCUT2D eigenvalue weighted by molar-refractivity contribution is 9.10. The van der Waals surface area contributed by atoms with Crippen molar-refractivity contribution in [3.8, 4) is 5.75 Å². The fourth-order valence-electron chi connectivity index (χ4n) is 4.32. The lowest BCUT2D eigenvalue weighted by atomic mass is 9.86. The standard InChI is InChI=1S/C22H26BrF3N6O3/c23-15-3-6-18(35-22(24,25)26)14(9-15)12-32-19-17(30-21(32)34)11-29-20(31-19)28-10-13-1-4-16(5-2-13)27-7-8-33/h3,6,9,11,13,16,27,33H,1-2,4-5,7-8,10,12H2,(H,30,34)(H,28,29,31)/t13-,16+. The normalized spacial score (nSPS) is 18.7. The predicted octanol–water partition coefficient (Wildman–Crippen LogP) is 3.38. The zero-order chi connectivity index (χ0) is 25.0. The number of aromatic amines is 1. The summed E-state index contributed by atoms with van der Waals surface area (Å²) in [6, 6.07) is 4.52. The Labute approximate surface area is 207 Å². The maximum atomic E-state index is 12.8. The lowest BCUT2D eigenvalue weighted by molar-refractivity contribution is -0.274. The smallest absolute Gasteiger partial charge is 0.405 e. The van der Waals surface area contributed by atoms with Gasteiger partial charge in [0.05, 0.1) is 19.3 Å². The van der Waals surface area contributed by atoms with Gasteiger partial charge in [-0.2, -0.15) is 4.98 Å². The molecular formula is C22H26BrF3N6O3. The minimum atomic E-state index is -4.86. The molecule has 0 aliphatic heterocycles. The van der Waals surface area contributed by atoms with Crippen LogP contribution >= 0.6 is 15.9 Å². The molecule has 1 fully saturated rings. The van der Waals surface area contributed by atoms with Gasteiger partial charge in [-0.05, 0) is 49.8 Å². The molecular weight excluding hydrogens is 533 g/mol. The molecule has 4 N–H and O–H groups in total. The van der Waals surface area contributed by atoms with Gasteiger partial charge in [0.15, 0.2) is 5.65 Å². The van der Waals surface area contributed by atoms with Crippen LogP contribution in [0.25, 0.3) is 11.2 Å². The summed E-state index contributed by atoms with van der Waals surface area (Å²) >= 11 is 3.25. The molecule has 0 unspecified atom stereocenters. The molecule has 0 radical (unpaired) electrons. The summed E-state index contributed by atoms with van der Waals surface area (Å²) in [6.45, 7) is 1.22. The van der Waals surface area contributed by atoms with E-state index in [0.29, 0.717) is 41.0 Å². The number of hydrogen-bond donors (Lipinski definition) is 4. The van der Waals surface area contributed by atoms with Gasteiger partial charge in [-0.15, -0.1) is 13.2 Å². The molecule has 1 aliphatic carbocycles. The van der Waals surface area contributed by atoms with E-state index in [1.807, 2.05) is 0 Å². The molecule has 4 rings (SSSR count). The zero-order valence-electron chi connectivity index (χ0n) is 18.7. The summed E-state index contributed by atoms with van der Waals surface area (Å²) in [4.78, 5) is 23.9. The molecule has 1 aliphatic rings. The van der Waals surface area contributed by atoms with Gasteiger partial charge in [-0.1, -0.05) is 15.9 Å². The molecule has 190 valence electrons. The van der Waals surface area contributed by atoms with E-state index in [2.05, 4.69) is 46.3 Å². The Morgan fingerprint density at radius 3 is 2.74 bits per heavy atom. The molecule has 0 amide bonds. The number of rotatable bonds is 9. The Morgan fingerprint density at radius 2 is 2.03 bits per heavy atom. The summed E-state index contributed by atoms with van der Waals surface area (Å²) < 4.78 is 44.5. The van der Waals surface area contributed by atoms with E-state index in [1.165, 1.54) is 29.0 Å². The number of nitrogens with one attached hydrogen (secondary N) is 3. The molecule has 35 heavy (non-hydrogen) atoms. The van der Waals surface area contributed by atoms with Gasteiger partial charge in [-0.25, -0.2) is 9.78 Å². The molecule has 2 heterocycles. The number of benzene rings is 1. The zero-order valence-corrected chi connectivity index (χ0v) is 20.3. The highest BCUT2D eigenvalue weighted by Crippen LogP contribution is 2.30. The lowest BCUT2D eigenvalue weighted by Crippen LogP contribution is -2.36. The summed E-state index contributed by atoms with van der Waals surface area (Å²) in [6.07, 6.45) is 0.723. The van der Waals surface area contributed by atoms with Crippen molar-refractivity contribution in [3.63, 3.8) is 0 Å². The van der Waals surface area contributed by atoms with Crippen molar-refractivity contribution < 1.29 is 23.0 Å². The maximum Gasteiger partial charge on any atom is 0.573 e. The Kier molecular flexibility index (Phi) is 7.97. The second-order valence-electron chi connectivity index (χ2n) is 8.52. The Bertz CT molecular complexity index is 1210. The average molecular weight is 559 g/mol. The number of hydrogen-bond acceptors (Lipinski definition) is 7. The van der Waals surface area contributed by atoms with Crippen LogP contribution in [0.3, 0.4) is 0 Å². The van der Waals surface area contributed by atoms with E-state index in [-0.39, 0.29) is 24.4 Å². The largest absolute Gasteiger partial charge is 0.573 e. The SMILES string of the molecule is O=c1[nH]c2cnc(NC[C@H]3CC[C@@H](NCCO)CC3)nc2n1Cc1cc(Br)ccc1OC(F)(F)F. The number of ether oxygens (including phenoxy) is 1.